The third-order valence-corrected chi connectivity index (χ3v) is 4.73. The molecule has 2 aromatic rings. The monoisotopic (exact) mass is 353 g/mol. The van der Waals surface area contributed by atoms with Crippen molar-refractivity contribution in [3.63, 3.8) is 0 Å². The second-order valence-electron chi connectivity index (χ2n) is 6.62. The Kier molecular flexibility index (Phi) is 5.84. The third kappa shape index (κ3) is 4.81. The van der Waals surface area contributed by atoms with Crippen molar-refractivity contribution < 1.29 is 14.7 Å². The van der Waals surface area contributed by atoms with E-state index in [2.05, 4.69) is 15.6 Å². The molecule has 0 atom stereocenters. The molecule has 1 saturated carbocycles. The molecule has 0 unspecified atom stereocenters. The Hall–Kier alpha value is -2.89. The summed E-state index contributed by atoms with van der Waals surface area (Å²) >= 11 is 0. The highest BCUT2D eigenvalue weighted by molar-refractivity contribution is 5.95. The molecule has 6 heteroatoms. The van der Waals surface area contributed by atoms with Gasteiger partial charge in [0, 0.05) is 23.5 Å². The molecule has 0 aliphatic heterocycles. The van der Waals surface area contributed by atoms with E-state index in [9.17, 15) is 9.59 Å². The number of amides is 1. The van der Waals surface area contributed by atoms with Gasteiger partial charge in [-0.3, -0.25) is 14.6 Å². The highest BCUT2D eigenvalue weighted by Crippen LogP contribution is 2.27. The minimum Gasteiger partial charge on any atom is -0.481 e. The highest BCUT2D eigenvalue weighted by Gasteiger charge is 2.25. The average molecular weight is 353 g/mol. The maximum Gasteiger partial charge on any atom is 0.306 e. The van der Waals surface area contributed by atoms with E-state index in [1.807, 2.05) is 36.4 Å². The van der Waals surface area contributed by atoms with Gasteiger partial charge in [0.15, 0.2) is 0 Å². The minimum absolute atomic E-state index is 0.145. The number of nitrogens with zero attached hydrogens (tertiary/aromatic N) is 1. The number of carbonyl (C=O) groups excluding carboxylic acids is 1. The summed E-state index contributed by atoms with van der Waals surface area (Å²) in [5.74, 6) is -1.07. The minimum atomic E-state index is -0.699. The van der Waals surface area contributed by atoms with E-state index in [0.717, 1.165) is 24.2 Å². The number of benzene rings is 1. The van der Waals surface area contributed by atoms with Gasteiger partial charge in [-0.05, 0) is 56.0 Å². The Balaban J connectivity index is 1.54. The third-order valence-electron chi connectivity index (χ3n) is 4.73. The second kappa shape index (κ2) is 8.47. The van der Waals surface area contributed by atoms with Gasteiger partial charge in [0.05, 0.1) is 18.2 Å². The van der Waals surface area contributed by atoms with Crippen LogP contribution in [-0.4, -0.2) is 28.0 Å². The summed E-state index contributed by atoms with van der Waals surface area (Å²) < 4.78 is 0. The number of hydrogen-bond acceptors (Lipinski definition) is 4. The lowest BCUT2D eigenvalue weighted by molar-refractivity contribution is -0.142. The lowest BCUT2D eigenvalue weighted by Gasteiger charge is -2.27. The molecule has 1 heterocycles. The predicted molar refractivity (Wildman–Crippen MR) is 98.9 cm³/mol. The van der Waals surface area contributed by atoms with E-state index >= 15 is 0 Å². The molecule has 136 valence electrons. The number of nitrogens with one attached hydrogen (secondary N) is 2. The van der Waals surface area contributed by atoms with Gasteiger partial charge in [0.1, 0.15) is 0 Å². The number of aliphatic carboxylic acids is 1. The van der Waals surface area contributed by atoms with Crippen LogP contribution in [0, 0.1) is 5.92 Å². The van der Waals surface area contributed by atoms with Crippen LogP contribution >= 0.6 is 0 Å². The van der Waals surface area contributed by atoms with Gasteiger partial charge < -0.3 is 15.7 Å². The van der Waals surface area contributed by atoms with Crippen LogP contribution in [0.3, 0.4) is 0 Å². The second-order valence-corrected chi connectivity index (χ2v) is 6.62. The van der Waals surface area contributed by atoms with E-state index in [1.54, 1.807) is 12.3 Å². The summed E-state index contributed by atoms with van der Waals surface area (Å²) in [5, 5.41) is 15.4. The number of carboxylic acids is 1. The number of anilines is 1. The fraction of sp³-hybridized carbons (Fsp3) is 0.350. The van der Waals surface area contributed by atoms with Crippen molar-refractivity contribution in [2.45, 2.75) is 38.3 Å². The molecule has 6 nitrogen and oxygen atoms in total. The molecule has 0 saturated heterocycles. The number of carboxylic acid groups (broad SMARTS) is 1. The molecule has 0 bridgehead atoms. The van der Waals surface area contributed by atoms with Crippen molar-refractivity contribution in [2.24, 2.45) is 5.92 Å². The zero-order valence-corrected chi connectivity index (χ0v) is 14.5. The quantitative estimate of drug-likeness (QED) is 0.742. The molecule has 0 radical (unpaired) electrons. The van der Waals surface area contributed by atoms with Crippen LogP contribution in [0.1, 0.15) is 41.7 Å². The van der Waals surface area contributed by atoms with Crippen LogP contribution in [0.15, 0.2) is 48.7 Å². The fourth-order valence-electron chi connectivity index (χ4n) is 3.25. The maximum atomic E-state index is 12.3. The SMILES string of the molecule is O=C(NCc1ccccn1)c1cccc(NC2CCC(C(=O)O)CC2)c1. The molecule has 1 amide bonds. The molecule has 1 aromatic heterocycles. The summed E-state index contributed by atoms with van der Waals surface area (Å²) in [4.78, 5) is 27.6. The molecule has 3 N–H and O–H groups in total. The Morgan fingerprint density at radius 2 is 1.88 bits per heavy atom. The number of carbonyl (C=O) groups is 2. The molecule has 1 aliphatic carbocycles. The summed E-state index contributed by atoms with van der Waals surface area (Å²) in [5.41, 5.74) is 2.28. The largest absolute Gasteiger partial charge is 0.481 e. The van der Waals surface area contributed by atoms with Crippen LogP contribution in [0.4, 0.5) is 5.69 Å². The van der Waals surface area contributed by atoms with Gasteiger partial charge in [0.25, 0.3) is 5.91 Å². The van der Waals surface area contributed by atoms with Crippen LogP contribution < -0.4 is 10.6 Å². The van der Waals surface area contributed by atoms with Crippen LogP contribution in [0.2, 0.25) is 0 Å². The predicted octanol–water partition coefficient (Wildman–Crippen LogP) is 3.07. The van der Waals surface area contributed by atoms with Gasteiger partial charge in [-0.25, -0.2) is 0 Å². The number of aromatic nitrogens is 1. The Morgan fingerprint density at radius 1 is 1.08 bits per heavy atom. The first kappa shape index (κ1) is 17.9. The fourth-order valence-corrected chi connectivity index (χ4v) is 3.25. The Labute approximate surface area is 152 Å². The molecule has 0 spiro atoms. The van der Waals surface area contributed by atoms with E-state index < -0.39 is 5.97 Å². The summed E-state index contributed by atoms with van der Waals surface area (Å²) in [7, 11) is 0. The van der Waals surface area contributed by atoms with E-state index in [1.165, 1.54) is 0 Å². The van der Waals surface area contributed by atoms with Crippen LogP contribution in [0.25, 0.3) is 0 Å². The Morgan fingerprint density at radius 3 is 2.58 bits per heavy atom. The van der Waals surface area contributed by atoms with Gasteiger partial charge in [0.2, 0.25) is 0 Å². The molecule has 3 rings (SSSR count). The normalized spacial score (nSPS) is 19.5. The average Bonchev–Trinajstić information content (AvgIpc) is 2.67. The Bertz CT molecular complexity index is 756. The van der Waals surface area contributed by atoms with Gasteiger partial charge in [-0.1, -0.05) is 12.1 Å². The molecule has 1 aromatic carbocycles. The van der Waals surface area contributed by atoms with Crippen molar-refractivity contribution in [2.75, 3.05) is 5.32 Å². The first-order valence-electron chi connectivity index (χ1n) is 8.89. The topological polar surface area (TPSA) is 91.3 Å². The maximum absolute atomic E-state index is 12.3. The summed E-state index contributed by atoms with van der Waals surface area (Å²) in [6, 6.07) is 13.2. The zero-order chi connectivity index (χ0) is 18.4. The first-order chi connectivity index (χ1) is 12.6. The van der Waals surface area contributed by atoms with Crippen LogP contribution in [-0.2, 0) is 11.3 Å². The standard InChI is InChI=1S/C20H23N3O3/c24-19(22-13-18-5-1-2-11-21-18)15-4-3-6-17(12-15)23-16-9-7-14(8-10-16)20(25)26/h1-6,11-12,14,16,23H,7-10,13H2,(H,22,24)(H,25,26). The highest BCUT2D eigenvalue weighted by atomic mass is 16.4. The lowest BCUT2D eigenvalue weighted by atomic mass is 9.86. The lowest BCUT2D eigenvalue weighted by Crippen LogP contribution is -2.29. The van der Waals surface area contributed by atoms with Crippen molar-refractivity contribution in [3.05, 3.63) is 59.9 Å². The molecule has 26 heavy (non-hydrogen) atoms. The molecular formula is C20H23N3O3. The van der Waals surface area contributed by atoms with E-state index in [0.29, 0.717) is 24.9 Å². The number of pyridine rings is 1. The molecular weight excluding hydrogens is 330 g/mol. The zero-order valence-electron chi connectivity index (χ0n) is 14.5. The van der Waals surface area contributed by atoms with E-state index in [4.69, 9.17) is 5.11 Å². The summed E-state index contributed by atoms with van der Waals surface area (Å²) in [6.07, 6.45) is 4.74. The van der Waals surface area contributed by atoms with Crippen molar-refractivity contribution in [1.29, 1.82) is 0 Å². The van der Waals surface area contributed by atoms with Gasteiger partial charge >= 0.3 is 5.97 Å². The van der Waals surface area contributed by atoms with Crippen molar-refractivity contribution in [1.82, 2.24) is 10.3 Å². The van der Waals surface area contributed by atoms with E-state index in [-0.39, 0.29) is 17.9 Å². The van der Waals surface area contributed by atoms with Gasteiger partial charge in [-0.2, -0.15) is 0 Å². The van der Waals surface area contributed by atoms with Gasteiger partial charge in [-0.15, -0.1) is 0 Å². The molecule has 1 aliphatic rings. The number of rotatable bonds is 6. The smallest absolute Gasteiger partial charge is 0.306 e. The van der Waals surface area contributed by atoms with Crippen LogP contribution in [0.5, 0.6) is 0 Å². The molecule has 1 fully saturated rings. The number of hydrogen-bond donors (Lipinski definition) is 3. The van der Waals surface area contributed by atoms with Crippen molar-refractivity contribution in [3.8, 4) is 0 Å². The summed E-state index contributed by atoms with van der Waals surface area (Å²) in [6.45, 7) is 0.385. The van der Waals surface area contributed by atoms with Crippen molar-refractivity contribution >= 4 is 17.6 Å². The first-order valence-corrected chi connectivity index (χ1v) is 8.89.